The van der Waals surface area contributed by atoms with E-state index >= 15 is 0 Å². The average molecular weight is 249 g/mol. The van der Waals surface area contributed by atoms with Crippen LogP contribution in [-0.2, 0) is 9.59 Å². The van der Waals surface area contributed by atoms with Crippen molar-refractivity contribution in [3.8, 4) is 0 Å². The van der Waals surface area contributed by atoms with Gasteiger partial charge in [0.2, 0.25) is 0 Å². The largest absolute Gasteiger partial charge is 1.00 e. The van der Waals surface area contributed by atoms with Crippen LogP contribution in [0.2, 0.25) is 0 Å². The SMILES string of the molecule is O=C([O-])C(Cl)(Cl)C(=O)[O-].[K+].[K+]. The molecule has 0 spiro atoms. The average Bonchev–Trinajstić information content (AvgIpc) is 1.65. The van der Waals surface area contributed by atoms with Gasteiger partial charge in [0, 0.05) is 0 Å². The van der Waals surface area contributed by atoms with E-state index in [-0.39, 0.29) is 103 Å². The van der Waals surface area contributed by atoms with Crippen molar-refractivity contribution in [1.82, 2.24) is 0 Å². The number of carboxylic acid groups (broad SMARTS) is 2. The summed E-state index contributed by atoms with van der Waals surface area (Å²) in [6.45, 7) is 0. The molecule has 0 amide bonds. The van der Waals surface area contributed by atoms with E-state index in [2.05, 4.69) is 23.2 Å². The van der Waals surface area contributed by atoms with Crippen molar-refractivity contribution in [2.75, 3.05) is 0 Å². The first-order chi connectivity index (χ1) is 3.89. The molecule has 0 aliphatic heterocycles. The maximum atomic E-state index is 9.67. The molecule has 0 N–H and O–H groups in total. The van der Waals surface area contributed by atoms with E-state index in [9.17, 15) is 19.8 Å². The van der Waals surface area contributed by atoms with E-state index in [0.717, 1.165) is 0 Å². The first kappa shape index (κ1) is 19.4. The predicted molar refractivity (Wildman–Crippen MR) is 24.5 cm³/mol. The summed E-state index contributed by atoms with van der Waals surface area (Å²) in [6.07, 6.45) is 0. The van der Waals surface area contributed by atoms with Gasteiger partial charge in [-0.3, -0.25) is 0 Å². The van der Waals surface area contributed by atoms with Crippen LogP contribution in [0.4, 0.5) is 0 Å². The van der Waals surface area contributed by atoms with E-state index in [4.69, 9.17) is 0 Å². The summed E-state index contributed by atoms with van der Waals surface area (Å²) >= 11 is 9.29. The van der Waals surface area contributed by atoms with Gasteiger partial charge in [0.05, 0.1) is 11.9 Å². The smallest absolute Gasteiger partial charge is 0.546 e. The van der Waals surface area contributed by atoms with Crippen molar-refractivity contribution in [1.29, 1.82) is 0 Å². The number of carbonyl (C=O) groups excluding carboxylic acids is 2. The van der Waals surface area contributed by atoms with Crippen molar-refractivity contribution >= 4 is 35.1 Å². The monoisotopic (exact) mass is 248 g/mol. The third-order valence-corrected chi connectivity index (χ3v) is 1.13. The molecule has 52 valence electrons. The molecule has 11 heavy (non-hydrogen) atoms. The van der Waals surface area contributed by atoms with E-state index in [0.29, 0.717) is 0 Å². The minimum absolute atomic E-state index is 0. The van der Waals surface area contributed by atoms with E-state index in [1.807, 2.05) is 0 Å². The van der Waals surface area contributed by atoms with Crippen LogP contribution in [0, 0.1) is 0 Å². The summed E-state index contributed by atoms with van der Waals surface area (Å²) in [5.41, 5.74) is 0. The van der Waals surface area contributed by atoms with Gasteiger partial charge in [0.25, 0.3) is 0 Å². The molecule has 8 heteroatoms. The third kappa shape index (κ3) is 6.81. The standard InChI is InChI=1S/C3H2Cl2O4.2K/c4-3(5,1(6)7)2(8)9;;/h(H,6,7)(H,8,9);;/q;2*+1/p-2. The van der Waals surface area contributed by atoms with Gasteiger partial charge < -0.3 is 19.8 Å². The van der Waals surface area contributed by atoms with Crippen molar-refractivity contribution < 1.29 is 123 Å². The van der Waals surface area contributed by atoms with E-state index < -0.39 is 16.3 Å². The van der Waals surface area contributed by atoms with E-state index in [1.54, 1.807) is 0 Å². The number of rotatable bonds is 2. The van der Waals surface area contributed by atoms with Crippen molar-refractivity contribution in [3.63, 3.8) is 0 Å². The van der Waals surface area contributed by atoms with Crippen LogP contribution in [0.5, 0.6) is 0 Å². The maximum Gasteiger partial charge on any atom is 1.00 e. The Kier molecular flexibility index (Phi) is 14.3. The molecule has 0 atom stereocenters. The Morgan fingerprint density at radius 3 is 1.18 bits per heavy atom. The third-order valence-electron chi connectivity index (χ3n) is 0.513. The topological polar surface area (TPSA) is 80.3 Å². The van der Waals surface area contributed by atoms with Gasteiger partial charge in [-0.1, -0.05) is 23.2 Å². The van der Waals surface area contributed by atoms with Gasteiger partial charge in [-0.25, -0.2) is 0 Å². The number of hydrogen-bond acceptors (Lipinski definition) is 4. The van der Waals surface area contributed by atoms with E-state index in [1.165, 1.54) is 0 Å². The van der Waals surface area contributed by atoms with Gasteiger partial charge >= 0.3 is 103 Å². The number of alkyl halides is 2. The first-order valence-corrected chi connectivity index (χ1v) is 2.45. The number of carboxylic acids is 2. The summed E-state index contributed by atoms with van der Waals surface area (Å²) in [5.74, 6) is -4.21. The molecule has 0 aromatic carbocycles. The summed E-state index contributed by atoms with van der Waals surface area (Å²) in [4.78, 5) is 19.3. The molecule has 0 aliphatic carbocycles. The molecule has 0 radical (unpaired) electrons. The quantitative estimate of drug-likeness (QED) is 0.276. The molecule has 0 bridgehead atoms. The Bertz CT molecular complexity index is 143. The van der Waals surface area contributed by atoms with Crippen molar-refractivity contribution in [3.05, 3.63) is 0 Å². The summed E-state index contributed by atoms with van der Waals surface area (Å²) in [7, 11) is 0. The van der Waals surface area contributed by atoms with Gasteiger partial charge in [0.1, 0.15) is 0 Å². The molecule has 0 aromatic heterocycles. The number of carbonyl (C=O) groups is 2. The second-order valence-electron chi connectivity index (χ2n) is 1.15. The summed E-state index contributed by atoms with van der Waals surface area (Å²) < 4.78 is -2.94. The fourth-order valence-corrected chi connectivity index (χ4v) is 0.0833. The van der Waals surface area contributed by atoms with Gasteiger partial charge in [-0.2, -0.15) is 0 Å². The van der Waals surface area contributed by atoms with Gasteiger partial charge in [-0.15, -0.1) is 0 Å². The summed E-state index contributed by atoms with van der Waals surface area (Å²) in [6, 6.07) is 0. The van der Waals surface area contributed by atoms with Crippen LogP contribution in [0.3, 0.4) is 0 Å². The minimum atomic E-state index is -2.94. The minimum Gasteiger partial charge on any atom is -0.546 e. The Morgan fingerprint density at radius 1 is 1.00 bits per heavy atom. The van der Waals surface area contributed by atoms with Crippen LogP contribution in [-0.4, -0.2) is 16.3 Å². The van der Waals surface area contributed by atoms with Crippen LogP contribution >= 0.6 is 23.2 Å². The van der Waals surface area contributed by atoms with Crippen molar-refractivity contribution in [2.45, 2.75) is 4.33 Å². The maximum absolute atomic E-state index is 9.67. The van der Waals surface area contributed by atoms with Crippen LogP contribution in [0.1, 0.15) is 0 Å². The first-order valence-electron chi connectivity index (χ1n) is 1.69. The Morgan fingerprint density at radius 2 is 1.18 bits per heavy atom. The van der Waals surface area contributed by atoms with Crippen LogP contribution in [0.25, 0.3) is 0 Å². The second kappa shape index (κ2) is 8.13. The molecule has 0 aromatic rings. The number of halogens is 2. The normalized spacial score (nSPS) is 8.91. The Balaban J connectivity index is -0.000000320. The molecular weight excluding hydrogens is 249 g/mol. The molecule has 0 heterocycles. The zero-order valence-electron chi connectivity index (χ0n) is 5.89. The molecule has 0 unspecified atom stereocenters. The van der Waals surface area contributed by atoms with Gasteiger partial charge in [-0.05, 0) is 0 Å². The molecule has 4 nitrogen and oxygen atoms in total. The van der Waals surface area contributed by atoms with Crippen molar-refractivity contribution in [2.24, 2.45) is 0 Å². The van der Waals surface area contributed by atoms with Gasteiger partial charge in [0.15, 0.2) is 4.33 Å². The molecule has 0 saturated carbocycles. The fraction of sp³-hybridized carbons (Fsp3) is 0.333. The predicted octanol–water partition coefficient (Wildman–Crippen LogP) is -8.33. The Labute approximate surface area is 158 Å². The molecule has 0 saturated heterocycles. The second-order valence-corrected chi connectivity index (χ2v) is 2.48. The van der Waals surface area contributed by atoms with Crippen LogP contribution < -0.4 is 113 Å². The fourth-order valence-electron chi connectivity index (χ4n) is 0.0833. The summed E-state index contributed by atoms with van der Waals surface area (Å²) in [5, 5.41) is 19.3. The Hall–Kier alpha value is 2.79. The zero-order valence-corrected chi connectivity index (χ0v) is 13.6. The molecule has 0 aliphatic rings. The number of hydrogen-bond donors (Lipinski definition) is 0. The number of aliphatic carboxylic acids is 2. The molecular formula is C3Cl2K2O4. The molecule has 0 rings (SSSR count). The van der Waals surface area contributed by atoms with Crippen LogP contribution in [0.15, 0.2) is 0 Å². The zero-order chi connectivity index (χ0) is 7.65. The molecule has 0 fully saturated rings.